The van der Waals surface area contributed by atoms with E-state index < -0.39 is 0 Å². The fourth-order valence-electron chi connectivity index (χ4n) is 1.29. The second kappa shape index (κ2) is 8.43. The van der Waals surface area contributed by atoms with Gasteiger partial charge in [0.1, 0.15) is 0 Å². The van der Waals surface area contributed by atoms with E-state index in [-0.39, 0.29) is 6.03 Å². The molecule has 18 heavy (non-hydrogen) atoms. The van der Waals surface area contributed by atoms with Gasteiger partial charge < -0.3 is 10.6 Å². The molecule has 0 atom stereocenters. The van der Waals surface area contributed by atoms with Crippen molar-refractivity contribution in [3.05, 3.63) is 29.8 Å². The number of thioether (sulfide) groups is 1. The maximum Gasteiger partial charge on any atom is 0.319 e. The van der Waals surface area contributed by atoms with Crippen LogP contribution >= 0.6 is 11.8 Å². The van der Waals surface area contributed by atoms with Gasteiger partial charge in [-0.1, -0.05) is 6.92 Å². The van der Waals surface area contributed by atoms with E-state index in [4.69, 9.17) is 5.26 Å². The van der Waals surface area contributed by atoms with Crippen LogP contribution in [0.15, 0.2) is 24.3 Å². The number of anilines is 1. The molecule has 0 radical (unpaired) electrons. The molecule has 0 aliphatic rings. The molecule has 0 aliphatic carbocycles. The first kappa shape index (κ1) is 14.4. The lowest BCUT2D eigenvalue weighted by atomic mass is 10.2. The van der Waals surface area contributed by atoms with Crippen molar-refractivity contribution >= 4 is 23.5 Å². The van der Waals surface area contributed by atoms with E-state index in [1.54, 1.807) is 24.3 Å². The number of carbonyl (C=O) groups is 1. The van der Waals surface area contributed by atoms with Gasteiger partial charge in [0.2, 0.25) is 0 Å². The molecular weight excluding hydrogens is 246 g/mol. The predicted octanol–water partition coefficient (Wildman–Crippen LogP) is 2.82. The molecule has 5 heteroatoms. The first-order valence-electron chi connectivity index (χ1n) is 5.89. The molecule has 0 fully saturated rings. The fourth-order valence-corrected chi connectivity index (χ4v) is 2.03. The van der Waals surface area contributed by atoms with Crippen LogP contribution in [-0.2, 0) is 0 Å². The summed E-state index contributed by atoms with van der Waals surface area (Å²) < 4.78 is 0. The van der Waals surface area contributed by atoms with E-state index in [1.165, 1.54) is 0 Å². The Hall–Kier alpha value is -1.67. The minimum atomic E-state index is -0.211. The van der Waals surface area contributed by atoms with Crippen LogP contribution < -0.4 is 10.6 Å². The number of nitriles is 1. The molecule has 0 aromatic heterocycles. The van der Waals surface area contributed by atoms with Gasteiger partial charge in [-0.2, -0.15) is 17.0 Å². The maximum atomic E-state index is 11.5. The van der Waals surface area contributed by atoms with Crippen LogP contribution in [0.4, 0.5) is 10.5 Å². The number of hydrogen-bond acceptors (Lipinski definition) is 3. The van der Waals surface area contributed by atoms with Crippen LogP contribution in [0.2, 0.25) is 0 Å². The standard InChI is InChI=1S/C13H17N3OS/c1-2-8-18-9-7-15-13(17)16-12-5-3-11(10-14)4-6-12/h3-6H,2,7-9H2,1H3,(H2,15,16,17). The highest BCUT2D eigenvalue weighted by atomic mass is 32.2. The van der Waals surface area contributed by atoms with Gasteiger partial charge >= 0.3 is 6.03 Å². The first-order chi connectivity index (χ1) is 8.76. The molecular formula is C13H17N3OS. The molecule has 0 bridgehead atoms. The van der Waals surface area contributed by atoms with Gasteiger partial charge in [0.25, 0.3) is 0 Å². The summed E-state index contributed by atoms with van der Waals surface area (Å²) in [5.74, 6) is 2.05. The van der Waals surface area contributed by atoms with Gasteiger partial charge in [-0.05, 0) is 36.4 Å². The normalized spacial score (nSPS) is 9.56. The summed E-state index contributed by atoms with van der Waals surface area (Å²) in [6, 6.07) is 8.59. The second-order valence-corrected chi connectivity index (χ2v) is 4.91. The van der Waals surface area contributed by atoms with Crippen molar-refractivity contribution in [3.63, 3.8) is 0 Å². The topological polar surface area (TPSA) is 64.9 Å². The Balaban J connectivity index is 2.25. The highest BCUT2D eigenvalue weighted by Crippen LogP contribution is 2.08. The van der Waals surface area contributed by atoms with Crippen molar-refractivity contribution in [2.75, 3.05) is 23.4 Å². The Kier molecular flexibility index (Phi) is 6.74. The third-order valence-electron chi connectivity index (χ3n) is 2.15. The van der Waals surface area contributed by atoms with Crippen molar-refractivity contribution in [2.24, 2.45) is 0 Å². The molecule has 1 rings (SSSR count). The number of nitrogens with one attached hydrogen (secondary N) is 2. The van der Waals surface area contributed by atoms with E-state index >= 15 is 0 Å². The predicted molar refractivity (Wildman–Crippen MR) is 75.8 cm³/mol. The smallest absolute Gasteiger partial charge is 0.319 e. The SMILES string of the molecule is CCCSCCNC(=O)Nc1ccc(C#N)cc1. The molecule has 0 spiro atoms. The van der Waals surface area contributed by atoms with E-state index in [1.807, 2.05) is 17.8 Å². The van der Waals surface area contributed by atoms with Gasteiger partial charge in [-0.25, -0.2) is 4.79 Å². The van der Waals surface area contributed by atoms with E-state index in [0.717, 1.165) is 17.9 Å². The van der Waals surface area contributed by atoms with Crippen molar-refractivity contribution < 1.29 is 4.79 Å². The summed E-state index contributed by atoms with van der Waals surface area (Å²) in [7, 11) is 0. The minimum Gasteiger partial charge on any atom is -0.337 e. The molecule has 2 amide bonds. The van der Waals surface area contributed by atoms with Crippen LogP contribution in [-0.4, -0.2) is 24.1 Å². The van der Waals surface area contributed by atoms with Gasteiger partial charge in [0, 0.05) is 18.0 Å². The second-order valence-electron chi connectivity index (χ2n) is 3.68. The maximum absolute atomic E-state index is 11.5. The average molecular weight is 263 g/mol. The monoisotopic (exact) mass is 263 g/mol. The average Bonchev–Trinajstić information content (AvgIpc) is 2.39. The molecule has 0 saturated heterocycles. The Morgan fingerprint density at radius 3 is 2.67 bits per heavy atom. The van der Waals surface area contributed by atoms with Crippen molar-refractivity contribution in [1.82, 2.24) is 5.32 Å². The Morgan fingerprint density at radius 1 is 1.33 bits per heavy atom. The number of carbonyl (C=O) groups excluding carboxylic acids is 1. The molecule has 0 aliphatic heterocycles. The first-order valence-corrected chi connectivity index (χ1v) is 7.04. The molecule has 1 aromatic rings. The zero-order valence-electron chi connectivity index (χ0n) is 10.4. The summed E-state index contributed by atoms with van der Waals surface area (Å²) >= 11 is 1.83. The van der Waals surface area contributed by atoms with Gasteiger partial charge in [0.05, 0.1) is 11.6 Å². The Labute approximate surface area is 112 Å². The van der Waals surface area contributed by atoms with Gasteiger partial charge in [0.15, 0.2) is 0 Å². The van der Waals surface area contributed by atoms with E-state index in [9.17, 15) is 4.79 Å². The zero-order chi connectivity index (χ0) is 13.2. The Morgan fingerprint density at radius 2 is 2.06 bits per heavy atom. The lowest BCUT2D eigenvalue weighted by molar-refractivity contribution is 0.252. The van der Waals surface area contributed by atoms with Crippen molar-refractivity contribution in [1.29, 1.82) is 5.26 Å². The third kappa shape index (κ3) is 5.60. The van der Waals surface area contributed by atoms with Crippen LogP contribution in [0, 0.1) is 11.3 Å². The lowest BCUT2D eigenvalue weighted by Crippen LogP contribution is -2.30. The van der Waals surface area contributed by atoms with Crippen molar-refractivity contribution in [2.45, 2.75) is 13.3 Å². The van der Waals surface area contributed by atoms with E-state index in [2.05, 4.69) is 17.6 Å². The van der Waals surface area contributed by atoms with Crippen LogP contribution in [0.1, 0.15) is 18.9 Å². The minimum absolute atomic E-state index is 0.211. The molecule has 96 valence electrons. The summed E-state index contributed by atoms with van der Waals surface area (Å²) in [4.78, 5) is 11.5. The lowest BCUT2D eigenvalue weighted by Gasteiger charge is -2.07. The number of hydrogen-bond donors (Lipinski definition) is 2. The number of urea groups is 1. The summed E-state index contributed by atoms with van der Waals surface area (Å²) in [6.07, 6.45) is 1.15. The highest BCUT2D eigenvalue weighted by molar-refractivity contribution is 7.99. The Bertz CT molecular complexity index is 411. The van der Waals surface area contributed by atoms with E-state index in [0.29, 0.717) is 17.8 Å². The zero-order valence-corrected chi connectivity index (χ0v) is 11.2. The van der Waals surface area contributed by atoms with Gasteiger partial charge in [-0.3, -0.25) is 0 Å². The quantitative estimate of drug-likeness (QED) is 0.776. The summed E-state index contributed by atoms with van der Waals surface area (Å²) in [5.41, 5.74) is 1.27. The number of amides is 2. The molecule has 0 saturated carbocycles. The van der Waals surface area contributed by atoms with Crippen LogP contribution in [0.25, 0.3) is 0 Å². The summed E-state index contributed by atoms with van der Waals surface area (Å²) in [5, 5.41) is 14.1. The molecule has 4 nitrogen and oxygen atoms in total. The number of nitrogens with zero attached hydrogens (tertiary/aromatic N) is 1. The largest absolute Gasteiger partial charge is 0.337 e. The van der Waals surface area contributed by atoms with Crippen LogP contribution in [0.3, 0.4) is 0 Å². The number of rotatable bonds is 6. The molecule has 0 heterocycles. The van der Waals surface area contributed by atoms with Crippen molar-refractivity contribution in [3.8, 4) is 6.07 Å². The third-order valence-corrected chi connectivity index (χ3v) is 3.34. The molecule has 0 unspecified atom stereocenters. The highest BCUT2D eigenvalue weighted by Gasteiger charge is 2.00. The van der Waals surface area contributed by atoms with Gasteiger partial charge in [-0.15, -0.1) is 0 Å². The number of benzene rings is 1. The summed E-state index contributed by atoms with van der Waals surface area (Å²) in [6.45, 7) is 2.80. The fraction of sp³-hybridized carbons (Fsp3) is 0.385. The molecule has 1 aromatic carbocycles. The van der Waals surface area contributed by atoms with Crippen LogP contribution in [0.5, 0.6) is 0 Å². The molecule has 2 N–H and O–H groups in total.